The Labute approximate surface area is 202 Å². The molecule has 0 amide bonds. The third-order valence-electron chi connectivity index (χ3n) is 5.95. The molecule has 1 atom stereocenters. The molecule has 9 heteroatoms. The Morgan fingerprint density at radius 3 is 2.46 bits per heavy atom. The van der Waals surface area contributed by atoms with Gasteiger partial charge in [-0.15, -0.1) is 0 Å². The third-order valence-corrected chi connectivity index (χ3v) is 7.74. The maximum atomic E-state index is 13.7. The van der Waals surface area contributed by atoms with Crippen LogP contribution in [-0.4, -0.2) is 44.6 Å². The van der Waals surface area contributed by atoms with Gasteiger partial charge in [0.2, 0.25) is 0 Å². The minimum absolute atomic E-state index is 0.111. The van der Waals surface area contributed by atoms with Gasteiger partial charge in [0.15, 0.2) is 6.10 Å². The van der Waals surface area contributed by atoms with Crippen molar-refractivity contribution in [1.82, 2.24) is 4.57 Å². The third kappa shape index (κ3) is 3.83. The number of anilines is 1. The van der Waals surface area contributed by atoms with Crippen molar-refractivity contribution in [3.63, 3.8) is 0 Å². The number of carbonyl (C=O) groups is 2. The standard InChI is InChI=1S/C26H22N2O6S/c1-17-12-13-23-22(14-17)28(35(31,32)18-8-4-3-5-9-18)16-24(34-23)25(29)27-15-20(26(30)33-2)19-10-6-7-11-21(19)27/h3-15,24H,16H2,1-2H3/t24-/m1/s1. The van der Waals surface area contributed by atoms with Gasteiger partial charge in [0.25, 0.3) is 15.9 Å². The summed E-state index contributed by atoms with van der Waals surface area (Å²) >= 11 is 0. The summed E-state index contributed by atoms with van der Waals surface area (Å²) in [7, 11) is -2.71. The molecule has 0 bridgehead atoms. The molecule has 5 rings (SSSR count). The number of para-hydroxylation sites is 1. The summed E-state index contributed by atoms with van der Waals surface area (Å²) in [5.41, 5.74) is 1.95. The summed E-state index contributed by atoms with van der Waals surface area (Å²) in [5, 5.41) is 0.549. The lowest BCUT2D eigenvalue weighted by molar-refractivity contribution is 0.0602. The van der Waals surface area contributed by atoms with Crippen LogP contribution in [0.4, 0.5) is 5.69 Å². The van der Waals surface area contributed by atoms with Crippen LogP contribution in [0.1, 0.15) is 20.7 Å². The fraction of sp³-hybridized carbons (Fsp3) is 0.154. The lowest BCUT2D eigenvalue weighted by Gasteiger charge is -2.35. The van der Waals surface area contributed by atoms with Crippen molar-refractivity contribution < 1.29 is 27.5 Å². The fourth-order valence-electron chi connectivity index (χ4n) is 4.23. The average Bonchev–Trinajstić information content (AvgIpc) is 3.27. The molecule has 35 heavy (non-hydrogen) atoms. The summed E-state index contributed by atoms with van der Waals surface area (Å²) in [6.45, 7) is 1.62. The van der Waals surface area contributed by atoms with E-state index in [0.717, 1.165) is 5.56 Å². The number of benzene rings is 3. The Morgan fingerprint density at radius 2 is 1.71 bits per heavy atom. The van der Waals surface area contributed by atoms with Gasteiger partial charge in [0, 0.05) is 11.6 Å². The van der Waals surface area contributed by atoms with Gasteiger partial charge in [-0.05, 0) is 42.8 Å². The van der Waals surface area contributed by atoms with E-state index in [-0.39, 0.29) is 22.8 Å². The van der Waals surface area contributed by atoms with Gasteiger partial charge in [0.1, 0.15) is 5.75 Å². The van der Waals surface area contributed by atoms with E-state index >= 15 is 0 Å². The molecular formula is C26H22N2O6S. The van der Waals surface area contributed by atoms with Gasteiger partial charge >= 0.3 is 5.97 Å². The average molecular weight is 491 g/mol. The Hall–Kier alpha value is -4.11. The normalized spacial score (nSPS) is 15.4. The highest BCUT2D eigenvalue weighted by atomic mass is 32.2. The van der Waals surface area contributed by atoms with Crippen molar-refractivity contribution >= 4 is 38.5 Å². The van der Waals surface area contributed by atoms with Crippen LogP contribution in [0.2, 0.25) is 0 Å². The summed E-state index contributed by atoms with van der Waals surface area (Å²) in [6.07, 6.45) is 0.257. The number of sulfonamides is 1. The van der Waals surface area contributed by atoms with Gasteiger partial charge in [-0.3, -0.25) is 13.7 Å². The number of ether oxygens (including phenoxy) is 2. The number of hydrogen-bond acceptors (Lipinski definition) is 6. The Morgan fingerprint density at radius 1 is 1.00 bits per heavy atom. The number of esters is 1. The zero-order chi connectivity index (χ0) is 24.7. The topological polar surface area (TPSA) is 94.9 Å². The quantitative estimate of drug-likeness (QED) is 0.401. The number of fused-ring (bicyclic) bond motifs is 2. The molecule has 0 spiro atoms. The number of rotatable bonds is 4. The predicted octanol–water partition coefficient (Wildman–Crippen LogP) is 4.03. The lowest BCUT2D eigenvalue weighted by atomic mass is 10.1. The molecule has 178 valence electrons. The lowest BCUT2D eigenvalue weighted by Crippen LogP contribution is -2.48. The minimum Gasteiger partial charge on any atom is -0.476 e. The van der Waals surface area contributed by atoms with E-state index in [2.05, 4.69) is 0 Å². The Kier molecular flexibility index (Phi) is 5.56. The van der Waals surface area contributed by atoms with E-state index in [1.807, 2.05) is 6.92 Å². The van der Waals surface area contributed by atoms with Gasteiger partial charge < -0.3 is 9.47 Å². The summed E-state index contributed by atoms with van der Waals surface area (Å²) in [4.78, 5) is 26.1. The number of hydrogen-bond donors (Lipinski definition) is 0. The molecular weight excluding hydrogens is 468 g/mol. The van der Waals surface area contributed by atoms with E-state index in [1.165, 1.54) is 34.3 Å². The molecule has 0 unspecified atom stereocenters. The summed E-state index contributed by atoms with van der Waals surface area (Å²) in [6, 6.07) is 20.2. The van der Waals surface area contributed by atoms with Crippen LogP contribution in [0.3, 0.4) is 0 Å². The minimum atomic E-state index is -3.98. The van der Waals surface area contributed by atoms with E-state index in [4.69, 9.17) is 9.47 Å². The first kappa shape index (κ1) is 22.7. The summed E-state index contributed by atoms with van der Waals surface area (Å²) < 4.78 is 40.6. The first-order valence-electron chi connectivity index (χ1n) is 10.9. The molecule has 4 aromatic rings. The van der Waals surface area contributed by atoms with Crippen LogP contribution in [0, 0.1) is 6.92 Å². The largest absolute Gasteiger partial charge is 0.476 e. The van der Waals surface area contributed by atoms with Crippen LogP contribution >= 0.6 is 0 Å². The molecule has 2 heterocycles. The second-order valence-corrected chi connectivity index (χ2v) is 10.0. The van der Waals surface area contributed by atoms with Gasteiger partial charge in [-0.2, -0.15) is 0 Å². The molecule has 1 aliphatic heterocycles. The molecule has 0 fully saturated rings. The monoisotopic (exact) mass is 490 g/mol. The number of aryl methyl sites for hydroxylation is 1. The van der Waals surface area contributed by atoms with Crippen LogP contribution in [0.15, 0.2) is 83.9 Å². The van der Waals surface area contributed by atoms with Crippen molar-refractivity contribution in [3.8, 4) is 5.75 Å². The Bertz CT molecular complexity index is 1560. The van der Waals surface area contributed by atoms with E-state index in [0.29, 0.717) is 16.6 Å². The van der Waals surface area contributed by atoms with E-state index < -0.39 is 28.0 Å². The van der Waals surface area contributed by atoms with Crippen LogP contribution in [-0.2, 0) is 14.8 Å². The molecule has 0 aliphatic carbocycles. The maximum Gasteiger partial charge on any atom is 0.340 e. The van der Waals surface area contributed by atoms with Gasteiger partial charge in [-0.1, -0.05) is 42.5 Å². The van der Waals surface area contributed by atoms with Crippen molar-refractivity contribution in [1.29, 1.82) is 0 Å². The van der Waals surface area contributed by atoms with Crippen LogP contribution < -0.4 is 9.04 Å². The van der Waals surface area contributed by atoms with Crippen molar-refractivity contribution in [2.45, 2.75) is 17.9 Å². The molecule has 0 N–H and O–H groups in total. The van der Waals surface area contributed by atoms with Crippen molar-refractivity contribution in [2.24, 2.45) is 0 Å². The van der Waals surface area contributed by atoms with Crippen LogP contribution in [0.25, 0.3) is 10.9 Å². The highest BCUT2D eigenvalue weighted by Crippen LogP contribution is 2.38. The Balaban J connectivity index is 1.60. The molecule has 8 nitrogen and oxygen atoms in total. The predicted molar refractivity (Wildman–Crippen MR) is 130 cm³/mol. The first-order valence-corrected chi connectivity index (χ1v) is 12.3. The first-order chi connectivity index (χ1) is 16.8. The molecule has 0 saturated heterocycles. The van der Waals surface area contributed by atoms with E-state index in [1.54, 1.807) is 60.7 Å². The highest BCUT2D eigenvalue weighted by molar-refractivity contribution is 7.92. The number of aromatic nitrogens is 1. The number of nitrogens with zero attached hydrogens (tertiary/aromatic N) is 2. The van der Waals surface area contributed by atoms with Crippen LogP contribution in [0.5, 0.6) is 5.75 Å². The van der Waals surface area contributed by atoms with Crippen molar-refractivity contribution in [2.75, 3.05) is 18.0 Å². The van der Waals surface area contributed by atoms with Gasteiger partial charge in [0.05, 0.1) is 35.3 Å². The highest BCUT2D eigenvalue weighted by Gasteiger charge is 2.38. The SMILES string of the molecule is COC(=O)c1cn(C(=O)[C@H]2CN(S(=O)(=O)c3ccccc3)c3cc(C)ccc3O2)c2ccccc12. The second-order valence-electron chi connectivity index (χ2n) is 8.19. The molecule has 0 radical (unpaired) electrons. The zero-order valence-electron chi connectivity index (χ0n) is 19.0. The van der Waals surface area contributed by atoms with E-state index in [9.17, 15) is 18.0 Å². The maximum absolute atomic E-state index is 13.7. The molecule has 3 aromatic carbocycles. The number of carbonyl (C=O) groups excluding carboxylic acids is 2. The van der Waals surface area contributed by atoms with Gasteiger partial charge in [-0.25, -0.2) is 13.2 Å². The molecule has 1 aliphatic rings. The van der Waals surface area contributed by atoms with Crippen molar-refractivity contribution in [3.05, 3.63) is 90.1 Å². The molecule has 1 aromatic heterocycles. The summed E-state index contributed by atoms with van der Waals surface area (Å²) in [5.74, 6) is -0.799. The second kappa shape index (κ2) is 8.59. The number of methoxy groups -OCH3 is 1. The zero-order valence-corrected chi connectivity index (χ0v) is 19.9. The fourth-order valence-corrected chi connectivity index (χ4v) is 5.72. The smallest absolute Gasteiger partial charge is 0.340 e. The molecule has 0 saturated carbocycles.